The topological polar surface area (TPSA) is 85.4 Å². The van der Waals surface area contributed by atoms with Crippen molar-refractivity contribution in [1.82, 2.24) is 20.8 Å². The number of hydrogen-bond donors (Lipinski definition) is 2. The normalized spacial score (nSPS) is 15.5. The molecule has 2 aliphatic rings. The van der Waals surface area contributed by atoms with E-state index in [0.717, 1.165) is 50.8 Å². The van der Waals surface area contributed by atoms with Crippen molar-refractivity contribution in [2.45, 2.75) is 45.1 Å². The van der Waals surface area contributed by atoms with Gasteiger partial charge in [0.05, 0.1) is 23.3 Å². The minimum Gasteiger partial charge on any atom is -0.490 e. The van der Waals surface area contributed by atoms with Gasteiger partial charge in [0.2, 0.25) is 5.91 Å². The Morgan fingerprint density at radius 3 is 2.74 bits per heavy atom. The van der Waals surface area contributed by atoms with Gasteiger partial charge in [-0.25, -0.2) is 8.78 Å². The maximum atomic E-state index is 15.2. The van der Waals surface area contributed by atoms with Gasteiger partial charge >= 0.3 is 0 Å². The van der Waals surface area contributed by atoms with Crippen LogP contribution < -0.4 is 15.4 Å². The highest BCUT2D eigenvalue weighted by molar-refractivity contribution is 7.17. The molecule has 7 nitrogen and oxygen atoms in total. The number of carbonyl (C=O) groups is 1. The lowest BCUT2D eigenvalue weighted by Gasteiger charge is -2.20. The van der Waals surface area contributed by atoms with Gasteiger partial charge in [0.25, 0.3) is 0 Å². The molecule has 1 aliphatic carbocycles. The van der Waals surface area contributed by atoms with Crippen LogP contribution in [0.4, 0.5) is 8.78 Å². The van der Waals surface area contributed by atoms with Gasteiger partial charge in [0.1, 0.15) is 35.4 Å². The number of nitrogens with zero attached hydrogens (tertiary/aromatic N) is 2. The molecule has 1 saturated carbocycles. The predicted molar refractivity (Wildman–Crippen MR) is 160 cm³/mol. The van der Waals surface area contributed by atoms with E-state index in [1.54, 1.807) is 6.07 Å². The Bertz CT molecular complexity index is 1570. The van der Waals surface area contributed by atoms with E-state index in [1.165, 1.54) is 46.4 Å². The molecule has 1 fully saturated rings. The summed E-state index contributed by atoms with van der Waals surface area (Å²) in [5.74, 6) is -0.325. The lowest BCUT2D eigenvalue weighted by atomic mass is 9.89. The first-order chi connectivity index (χ1) is 20.6. The molecule has 1 aliphatic heterocycles. The molecule has 2 aromatic heterocycles. The summed E-state index contributed by atoms with van der Waals surface area (Å²) in [7, 11) is 0. The standard InChI is InChI=1S/C32H34F2N4O3S/c33-24-8-9-25(27(17-24)41-15-14-40-13-12-36-32(39)20-4-2-1-3-5-20)30-31-28(26(34)19-42-31)29(37-38-30)22-6-7-23-18-35-11-10-21(23)16-22/h6-9,16-17,19-20,35H,1-5,10-15,18H2,(H,36,39). The minimum atomic E-state index is -0.457. The number of fused-ring (bicyclic) bond motifs is 2. The van der Waals surface area contributed by atoms with Crippen molar-refractivity contribution in [3.05, 3.63) is 64.5 Å². The Hall–Kier alpha value is -3.47. The highest BCUT2D eigenvalue weighted by Gasteiger charge is 2.22. The largest absolute Gasteiger partial charge is 0.490 e. The van der Waals surface area contributed by atoms with Crippen LogP contribution in [0, 0.1) is 17.6 Å². The van der Waals surface area contributed by atoms with E-state index >= 15 is 4.39 Å². The summed E-state index contributed by atoms with van der Waals surface area (Å²) in [4.78, 5) is 12.3. The first kappa shape index (κ1) is 28.6. The fourth-order valence-corrected chi connectivity index (χ4v) is 6.72. The average molecular weight is 593 g/mol. The molecule has 0 atom stereocenters. The first-order valence-corrected chi connectivity index (χ1v) is 15.5. The van der Waals surface area contributed by atoms with Gasteiger partial charge in [-0.05, 0) is 55.1 Å². The maximum absolute atomic E-state index is 15.2. The molecule has 2 aromatic carbocycles. The van der Waals surface area contributed by atoms with Crippen LogP contribution in [0.3, 0.4) is 0 Å². The van der Waals surface area contributed by atoms with Gasteiger partial charge in [-0.1, -0.05) is 31.4 Å². The van der Waals surface area contributed by atoms with Crippen molar-refractivity contribution in [2.75, 3.05) is 32.9 Å². The molecular formula is C32H34F2N4O3S. The van der Waals surface area contributed by atoms with Gasteiger partial charge in [0.15, 0.2) is 0 Å². The molecule has 0 saturated heterocycles. The Morgan fingerprint density at radius 1 is 1.00 bits per heavy atom. The number of amides is 1. The van der Waals surface area contributed by atoms with E-state index in [9.17, 15) is 9.18 Å². The van der Waals surface area contributed by atoms with Crippen LogP contribution in [-0.2, 0) is 22.5 Å². The third kappa shape index (κ3) is 6.30. The zero-order valence-corrected chi connectivity index (χ0v) is 24.2. The molecule has 0 unspecified atom stereocenters. The monoisotopic (exact) mass is 592 g/mol. The van der Waals surface area contributed by atoms with Crippen molar-refractivity contribution < 1.29 is 23.0 Å². The highest BCUT2D eigenvalue weighted by atomic mass is 32.1. The van der Waals surface area contributed by atoms with Crippen molar-refractivity contribution in [3.8, 4) is 28.3 Å². The van der Waals surface area contributed by atoms with Gasteiger partial charge in [0, 0.05) is 41.6 Å². The first-order valence-electron chi connectivity index (χ1n) is 14.6. The van der Waals surface area contributed by atoms with Crippen LogP contribution in [-0.4, -0.2) is 49.0 Å². The zero-order chi connectivity index (χ0) is 28.9. The molecule has 220 valence electrons. The molecule has 0 spiro atoms. The van der Waals surface area contributed by atoms with Gasteiger partial charge in [-0.2, -0.15) is 0 Å². The molecule has 10 heteroatoms. The number of halogens is 2. The predicted octanol–water partition coefficient (Wildman–Crippen LogP) is 6.04. The minimum absolute atomic E-state index is 0.103. The number of thiophene rings is 1. The van der Waals surface area contributed by atoms with Crippen LogP contribution in [0.15, 0.2) is 41.8 Å². The molecule has 2 N–H and O–H groups in total. The van der Waals surface area contributed by atoms with E-state index in [4.69, 9.17) is 9.47 Å². The number of benzene rings is 2. The number of rotatable bonds is 10. The van der Waals surface area contributed by atoms with Crippen LogP contribution in [0.2, 0.25) is 0 Å². The summed E-state index contributed by atoms with van der Waals surface area (Å²) < 4.78 is 41.6. The fraction of sp³-hybridized carbons (Fsp3) is 0.406. The fourth-order valence-electron chi connectivity index (χ4n) is 5.81. The lowest BCUT2D eigenvalue weighted by molar-refractivity contribution is -0.126. The van der Waals surface area contributed by atoms with Crippen LogP contribution >= 0.6 is 11.3 Å². The second-order valence-corrected chi connectivity index (χ2v) is 11.7. The van der Waals surface area contributed by atoms with E-state index in [2.05, 4.69) is 33.0 Å². The molecular weight excluding hydrogens is 558 g/mol. The zero-order valence-electron chi connectivity index (χ0n) is 23.4. The maximum Gasteiger partial charge on any atom is 0.223 e. The van der Waals surface area contributed by atoms with Crippen molar-refractivity contribution >= 4 is 27.3 Å². The molecule has 1 amide bonds. The van der Waals surface area contributed by atoms with Gasteiger partial charge < -0.3 is 20.1 Å². The number of ether oxygens (including phenoxy) is 2. The van der Waals surface area contributed by atoms with Crippen LogP contribution in [0.25, 0.3) is 32.6 Å². The Kier molecular flexibility index (Phi) is 9.02. The summed E-state index contributed by atoms with van der Waals surface area (Å²) in [5.41, 5.74) is 4.73. The second kappa shape index (κ2) is 13.2. The highest BCUT2D eigenvalue weighted by Crippen LogP contribution is 2.41. The van der Waals surface area contributed by atoms with Gasteiger partial charge in [-0.3, -0.25) is 4.79 Å². The molecule has 42 heavy (non-hydrogen) atoms. The molecule has 0 bridgehead atoms. The Labute approximate surface area is 247 Å². The van der Waals surface area contributed by atoms with E-state index in [-0.39, 0.29) is 36.6 Å². The third-order valence-electron chi connectivity index (χ3n) is 8.02. The lowest BCUT2D eigenvalue weighted by Crippen LogP contribution is -2.34. The summed E-state index contributed by atoms with van der Waals surface area (Å²) in [6, 6.07) is 10.3. The second-order valence-electron chi connectivity index (χ2n) is 10.8. The summed E-state index contributed by atoms with van der Waals surface area (Å²) in [6.45, 7) is 2.95. The molecule has 0 radical (unpaired) electrons. The number of aromatic nitrogens is 2. The van der Waals surface area contributed by atoms with Crippen molar-refractivity contribution in [1.29, 1.82) is 0 Å². The summed E-state index contributed by atoms with van der Waals surface area (Å²) in [6.07, 6.45) is 6.26. The van der Waals surface area contributed by atoms with Crippen molar-refractivity contribution in [2.24, 2.45) is 5.92 Å². The van der Waals surface area contributed by atoms with Crippen LogP contribution in [0.1, 0.15) is 43.2 Å². The smallest absolute Gasteiger partial charge is 0.223 e. The van der Waals surface area contributed by atoms with Crippen LogP contribution in [0.5, 0.6) is 5.75 Å². The Balaban J connectivity index is 1.14. The Morgan fingerprint density at radius 2 is 1.86 bits per heavy atom. The van der Waals surface area contributed by atoms with Crippen molar-refractivity contribution in [3.63, 3.8) is 0 Å². The molecule has 3 heterocycles. The number of carbonyl (C=O) groups excluding carboxylic acids is 1. The van der Waals surface area contributed by atoms with E-state index in [0.29, 0.717) is 40.2 Å². The molecule has 4 aromatic rings. The SMILES string of the molecule is O=C(NCCOCCOc1cc(F)ccc1-c1nnc(-c2ccc3c(c2)CCNC3)c2c(F)csc12)C1CCCCC1. The summed E-state index contributed by atoms with van der Waals surface area (Å²) >= 11 is 1.24. The quantitative estimate of drug-likeness (QED) is 0.219. The number of hydrogen-bond acceptors (Lipinski definition) is 7. The van der Waals surface area contributed by atoms with Gasteiger partial charge in [-0.15, -0.1) is 21.5 Å². The van der Waals surface area contributed by atoms with E-state index < -0.39 is 5.82 Å². The van der Waals surface area contributed by atoms with E-state index in [1.807, 2.05) is 6.07 Å². The summed E-state index contributed by atoms with van der Waals surface area (Å²) in [5, 5.41) is 17.1. The number of nitrogens with one attached hydrogen (secondary N) is 2. The molecule has 6 rings (SSSR count). The third-order valence-corrected chi connectivity index (χ3v) is 8.98. The average Bonchev–Trinajstić information content (AvgIpc) is 3.42.